The van der Waals surface area contributed by atoms with Crippen LogP contribution in [-0.2, 0) is 0 Å². The normalized spacial score (nSPS) is 10.6. The molecule has 0 atom stereocenters. The molecule has 1 amide bonds. The molecule has 0 saturated heterocycles. The fourth-order valence-corrected chi connectivity index (χ4v) is 3.44. The van der Waals surface area contributed by atoms with Gasteiger partial charge in [-0.05, 0) is 50.2 Å². The second kappa shape index (κ2) is 8.09. The molecule has 0 radical (unpaired) electrons. The molecule has 27 heavy (non-hydrogen) atoms. The van der Waals surface area contributed by atoms with Gasteiger partial charge in [0.2, 0.25) is 0 Å². The summed E-state index contributed by atoms with van der Waals surface area (Å²) in [5.74, 6) is 0.547. The molecule has 0 unspecified atom stereocenters. The van der Waals surface area contributed by atoms with Crippen LogP contribution in [0.3, 0.4) is 0 Å². The fourth-order valence-electron chi connectivity index (χ4n) is 2.62. The van der Waals surface area contributed by atoms with E-state index in [1.165, 1.54) is 17.4 Å². The molecule has 2 aromatic carbocycles. The number of rotatable bonds is 7. The zero-order valence-electron chi connectivity index (χ0n) is 15.1. The Hall–Kier alpha value is -3.06. The van der Waals surface area contributed by atoms with Crippen LogP contribution in [0.2, 0.25) is 0 Å². The highest BCUT2D eigenvalue weighted by Gasteiger charge is 2.14. The number of hydrogen-bond donors (Lipinski definition) is 2. The lowest BCUT2D eigenvalue weighted by atomic mass is 10.1. The third kappa shape index (κ3) is 4.03. The summed E-state index contributed by atoms with van der Waals surface area (Å²) < 4.78 is 11.3. The molecule has 3 aromatic rings. The van der Waals surface area contributed by atoms with Crippen molar-refractivity contribution in [1.29, 1.82) is 0 Å². The lowest BCUT2D eigenvalue weighted by Gasteiger charge is -2.11. The fraction of sp³-hybridized carbons (Fsp3) is 0.200. The molecule has 3 N–H and O–H groups in total. The van der Waals surface area contributed by atoms with E-state index in [9.17, 15) is 9.90 Å². The zero-order chi connectivity index (χ0) is 19.4. The quantitative estimate of drug-likeness (QED) is 0.640. The molecule has 1 aromatic heterocycles. The number of nitrogens with zero attached hydrogens (tertiary/aromatic N) is 1. The Kier molecular flexibility index (Phi) is 5.61. The van der Waals surface area contributed by atoms with Crippen molar-refractivity contribution in [3.05, 3.63) is 47.3 Å². The van der Waals surface area contributed by atoms with E-state index >= 15 is 0 Å². The maximum atomic E-state index is 11.4. The van der Waals surface area contributed by atoms with Crippen LogP contribution in [-0.4, -0.2) is 29.2 Å². The van der Waals surface area contributed by atoms with Gasteiger partial charge in [-0.2, -0.15) is 0 Å². The molecule has 0 spiro atoms. The number of ether oxygens (including phenoxy) is 2. The van der Waals surface area contributed by atoms with Gasteiger partial charge in [0, 0.05) is 16.5 Å². The Labute approximate surface area is 161 Å². The van der Waals surface area contributed by atoms with Crippen LogP contribution in [0.5, 0.6) is 17.2 Å². The predicted octanol–water partition coefficient (Wildman–Crippen LogP) is 4.08. The highest BCUT2D eigenvalue weighted by atomic mass is 32.1. The average Bonchev–Trinajstić information content (AvgIpc) is 3.14. The van der Waals surface area contributed by atoms with Gasteiger partial charge >= 0.3 is 0 Å². The summed E-state index contributed by atoms with van der Waals surface area (Å²) in [5.41, 5.74) is 7.69. The Bertz CT molecular complexity index is 968. The van der Waals surface area contributed by atoms with E-state index in [-0.39, 0.29) is 11.3 Å². The maximum Gasteiger partial charge on any atom is 0.252 e. The van der Waals surface area contributed by atoms with Gasteiger partial charge in [0.15, 0.2) is 11.5 Å². The van der Waals surface area contributed by atoms with Crippen molar-refractivity contribution in [2.24, 2.45) is 5.73 Å². The number of carbonyl (C=O) groups excluding carboxylic acids is 1. The lowest BCUT2D eigenvalue weighted by Crippen LogP contribution is -2.11. The molecular weight excluding hydrogens is 364 g/mol. The average molecular weight is 384 g/mol. The summed E-state index contributed by atoms with van der Waals surface area (Å²) >= 11 is 1.48. The van der Waals surface area contributed by atoms with E-state index in [0.29, 0.717) is 36.0 Å². The highest BCUT2D eigenvalue weighted by molar-refractivity contribution is 7.13. The largest absolute Gasteiger partial charge is 0.507 e. The molecule has 0 saturated carbocycles. The zero-order valence-corrected chi connectivity index (χ0v) is 15.9. The number of amides is 1. The van der Waals surface area contributed by atoms with Crippen molar-refractivity contribution >= 4 is 17.2 Å². The summed E-state index contributed by atoms with van der Waals surface area (Å²) in [4.78, 5) is 16.1. The van der Waals surface area contributed by atoms with Crippen LogP contribution >= 0.6 is 11.3 Å². The van der Waals surface area contributed by atoms with Gasteiger partial charge in [-0.1, -0.05) is 0 Å². The number of hydrogen-bond acceptors (Lipinski definition) is 6. The van der Waals surface area contributed by atoms with Crippen LogP contribution in [0, 0.1) is 0 Å². The summed E-state index contributed by atoms with van der Waals surface area (Å²) in [6.45, 7) is 4.94. The van der Waals surface area contributed by atoms with E-state index < -0.39 is 5.91 Å². The number of benzene rings is 2. The van der Waals surface area contributed by atoms with Gasteiger partial charge in [-0.15, -0.1) is 11.3 Å². The van der Waals surface area contributed by atoms with Gasteiger partial charge in [0.25, 0.3) is 5.91 Å². The van der Waals surface area contributed by atoms with Gasteiger partial charge in [-0.25, -0.2) is 4.98 Å². The van der Waals surface area contributed by atoms with Gasteiger partial charge in [0.05, 0.1) is 24.5 Å². The van der Waals surface area contributed by atoms with Gasteiger partial charge in [0.1, 0.15) is 10.8 Å². The number of phenols is 1. The van der Waals surface area contributed by atoms with Gasteiger partial charge in [-0.3, -0.25) is 4.79 Å². The standard InChI is InChI=1S/C20H20N2O4S/c1-3-25-17-8-6-13(10-18(17)26-4-2)20-22-15(11-27-20)12-5-7-16(23)14(9-12)19(21)24/h5-11,23H,3-4H2,1-2H3,(H2,21,24). The van der Waals surface area contributed by atoms with Crippen molar-refractivity contribution in [2.45, 2.75) is 13.8 Å². The first-order chi connectivity index (χ1) is 13.0. The second-order valence-corrected chi connectivity index (χ2v) is 6.52. The van der Waals surface area contributed by atoms with Crippen LogP contribution < -0.4 is 15.2 Å². The van der Waals surface area contributed by atoms with Crippen molar-refractivity contribution in [1.82, 2.24) is 4.98 Å². The van der Waals surface area contributed by atoms with Crippen LogP contribution in [0.25, 0.3) is 21.8 Å². The SMILES string of the molecule is CCOc1ccc(-c2nc(-c3ccc(O)c(C(N)=O)c3)cs2)cc1OCC. The lowest BCUT2D eigenvalue weighted by molar-refractivity contribution is 0.0998. The molecule has 0 fully saturated rings. The molecule has 3 rings (SSSR count). The Morgan fingerprint density at radius 2 is 1.78 bits per heavy atom. The van der Waals surface area contributed by atoms with E-state index in [0.717, 1.165) is 10.6 Å². The molecule has 7 heteroatoms. The first-order valence-corrected chi connectivity index (χ1v) is 9.40. The molecule has 140 valence electrons. The first kappa shape index (κ1) is 18.7. The van der Waals surface area contributed by atoms with E-state index in [1.807, 2.05) is 37.4 Å². The third-order valence-corrected chi connectivity index (χ3v) is 4.74. The first-order valence-electron chi connectivity index (χ1n) is 8.52. The number of primary amides is 1. The molecular formula is C20H20N2O4S. The number of aromatic nitrogens is 1. The molecule has 6 nitrogen and oxygen atoms in total. The summed E-state index contributed by atoms with van der Waals surface area (Å²) in [5, 5.41) is 12.4. The molecule has 1 heterocycles. The highest BCUT2D eigenvalue weighted by Crippen LogP contribution is 2.36. The van der Waals surface area contributed by atoms with Crippen LogP contribution in [0.1, 0.15) is 24.2 Å². The van der Waals surface area contributed by atoms with E-state index in [2.05, 4.69) is 4.98 Å². The monoisotopic (exact) mass is 384 g/mol. The summed E-state index contributed by atoms with van der Waals surface area (Å²) in [6, 6.07) is 10.4. The van der Waals surface area contributed by atoms with Gasteiger partial charge < -0.3 is 20.3 Å². The maximum absolute atomic E-state index is 11.4. The minimum absolute atomic E-state index is 0.0711. The summed E-state index contributed by atoms with van der Waals surface area (Å²) in [6.07, 6.45) is 0. The third-order valence-electron chi connectivity index (χ3n) is 3.85. The number of carbonyl (C=O) groups is 1. The Morgan fingerprint density at radius 3 is 2.48 bits per heavy atom. The molecule has 0 aliphatic carbocycles. The predicted molar refractivity (Wildman–Crippen MR) is 106 cm³/mol. The smallest absolute Gasteiger partial charge is 0.252 e. The van der Waals surface area contributed by atoms with E-state index in [1.54, 1.807) is 12.1 Å². The number of nitrogens with two attached hydrogens (primary N) is 1. The number of aromatic hydroxyl groups is 1. The van der Waals surface area contributed by atoms with Crippen molar-refractivity contribution in [2.75, 3.05) is 13.2 Å². The minimum atomic E-state index is -0.683. The molecule has 0 aliphatic rings. The van der Waals surface area contributed by atoms with Crippen molar-refractivity contribution in [3.63, 3.8) is 0 Å². The minimum Gasteiger partial charge on any atom is -0.507 e. The number of thiazole rings is 1. The Morgan fingerprint density at radius 1 is 1.07 bits per heavy atom. The van der Waals surface area contributed by atoms with Crippen LogP contribution in [0.15, 0.2) is 41.8 Å². The van der Waals surface area contributed by atoms with Crippen molar-refractivity contribution in [3.8, 4) is 39.1 Å². The van der Waals surface area contributed by atoms with Crippen LogP contribution in [0.4, 0.5) is 0 Å². The Balaban J connectivity index is 1.95. The van der Waals surface area contributed by atoms with E-state index in [4.69, 9.17) is 15.2 Å². The van der Waals surface area contributed by atoms with Crippen molar-refractivity contribution < 1.29 is 19.4 Å². The summed E-state index contributed by atoms with van der Waals surface area (Å²) in [7, 11) is 0. The molecule has 0 bridgehead atoms. The topological polar surface area (TPSA) is 94.7 Å². The second-order valence-electron chi connectivity index (χ2n) is 5.66. The molecule has 0 aliphatic heterocycles.